The zero-order valence-electron chi connectivity index (χ0n) is 16.8. The predicted molar refractivity (Wildman–Crippen MR) is 117 cm³/mol. The number of nitrogens with one attached hydrogen (secondary N) is 1. The van der Waals surface area contributed by atoms with Crippen LogP contribution in [0, 0.1) is 6.92 Å². The van der Waals surface area contributed by atoms with Crippen molar-refractivity contribution < 1.29 is 9.53 Å². The lowest BCUT2D eigenvalue weighted by atomic mass is 9.92. The third kappa shape index (κ3) is 4.09. The smallest absolute Gasteiger partial charge is 0.173 e. The number of ether oxygens (including phenoxy) is 1. The second-order valence-corrected chi connectivity index (χ2v) is 7.41. The molecule has 0 saturated carbocycles. The summed E-state index contributed by atoms with van der Waals surface area (Å²) < 4.78 is 5.98. The molecule has 0 aromatic heterocycles. The molecule has 2 aromatic rings. The number of ketones is 1. The molecule has 1 N–H and O–H groups in total. The molecule has 0 bridgehead atoms. The fourth-order valence-electron chi connectivity index (χ4n) is 3.51. The molecule has 0 radical (unpaired) electrons. The van der Waals surface area contributed by atoms with Crippen LogP contribution in [0.2, 0.25) is 0 Å². The zero-order valence-corrected chi connectivity index (χ0v) is 17.6. The van der Waals surface area contributed by atoms with E-state index >= 15 is 0 Å². The molecule has 0 spiro atoms. The second-order valence-electron chi connectivity index (χ2n) is 7.03. The van der Waals surface area contributed by atoms with E-state index in [1.165, 1.54) is 0 Å². The normalized spacial score (nSPS) is 16.8. The highest BCUT2D eigenvalue weighted by Crippen LogP contribution is 2.33. The predicted octanol–water partition coefficient (Wildman–Crippen LogP) is 5.29. The van der Waals surface area contributed by atoms with Crippen molar-refractivity contribution in [1.82, 2.24) is 10.2 Å². The van der Waals surface area contributed by atoms with Crippen molar-refractivity contribution in [1.29, 1.82) is 0 Å². The second kappa shape index (κ2) is 8.57. The fraction of sp³-hybridized carbons (Fsp3) is 0.304. The van der Waals surface area contributed by atoms with Crippen molar-refractivity contribution >= 4 is 23.1 Å². The number of allylic oxidation sites excluding steroid dienone is 1. The summed E-state index contributed by atoms with van der Waals surface area (Å²) >= 11 is 5.56. The largest absolute Gasteiger partial charge is 0.457 e. The molecule has 4 nitrogen and oxygen atoms in total. The number of aryl methyl sites for hydroxylation is 1. The molecular weight excluding hydrogens is 368 g/mol. The van der Waals surface area contributed by atoms with Crippen LogP contribution < -0.4 is 10.1 Å². The average Bonchev–Trinajstić information content (AvgIpc) is 2.67. The molecule has 1 aliphatic heterocycles. The van der Waals surface area contributed by atoms with Gasteiger partial charge < -0.3 is 15.0 Å². The van der Waals surface area contributed by atoms with Crippen molar-refractivity contribution in [3.63, 3.8) is 0 Å². The molecule has 2 aromatic carbocycles. The number of Topliss-reactive ketones (excluding diaryl/α,β-unsaturated/α-hetero) is 1. The molecule has 0 amide bonds. The lowest BCUT2D eigenvalue weighted by Gasteiger charge is -2.37. The third-order valence-corrected chi connectivity index (χ3v) is 5.30. The molecule has 0 fully saturated rings. The molecule has 1 aliphatic rings. The van der Waals surface area contributed by atoms with Gasteiger partial charge in [0.2, 0.25) is 0 Å². The first kappa shape index (κ1) is 20.1. The summed E-state index contributed by atoms with van der Waals surface area (Å²) in [6, 6.07) is 15.5. The van der Waals surface area contributed by atoms with Gasteiger partial charge in [-0.2, -0.15) is 0 Å². The first-order chi connectivity index (χ1) is 13.4. The maximum absolute atomic E-state index is 12.4. The first-order valence-electron chi connectivity index (χ1n) is 9.55. The van der Waals surface area contributed by atoms with Crippen LogP contribution in [0.1, 0.15) is 44.4 Å². The summed E-state index contributed by atoms with van der Waals surface area (Å²) in [5.74, 6) is 1.65. The Morgan fingerprint density at radius 1 is 1.14 bits per heavy atom. The molecule has 1 unspecified atom stereocenters. The highest BCUT2D eigenvalue weighted by Gasteiger charge is 2.31. The van der Waals surface area contributed by atoms with Gasteiger partial charge in [-0.1, -0.05) is 37.3 Å². The van der Waals surface area contributed by atoms with Crippen LogP contribution in [0.4, 0.5) is 0 Å². The van der Waals surface area contributed by atoms with Gasteiger partial charge in [0.1, 0.15) is 11.5 Å². The zero-order chi connectivity index (χ0) is 20.3. The Morgan fingerprint density at radius 2 is 1.82 bits per heavy atom. The number of thiocarbonyl (C=S) groups is 1. The molecule has 3 rings (SSSR count). The standard InChI is InChI=1S/C23H26N2O2S/c1-5-14-25-16(3)21(17(4)26)22(24-23(25)28)18-10-12-19(13-11-18)27-20-9-7-6-8-15(20)2/h6-13,22H,5,14H2,1-4H3,(H,24,28). The minimum absolute atomic E-state index is 0.0545. The van der Waals surface area contributed by atoms with E-state index in [4.69, 9.17) is 17.0 Å². The van der Waals surface area contributed by atoms with Crippen LogP contribution in [-0.4, -0.2) is 22.3 Å². The quantitative estimate of drug-likeness (QED) is 0.674. The summed E-state index contributed by atoms with van der Waals surface area (Å²) in [6.07, 6.45) is 0.958. The Morgan fingerprint density at radius 3 is 2.43 bits per heavy atom. The molecule has 146 valence electrons. The van der Waals surface area contributed by atoms with E-state index in [0.717, 1.165) is 46.9 Å². The fourth-order valence-corrected chi connectivity index (χ4v) is 3.85. The molecule has 28 heavy (non-hydrogen) atoms. The van der Waals surface area contributed by atoms with Gasteiger partial charge >= 0.3 is 0 Å². The summed E-state index contributed by atoms with van der Waals surface area (Å²) in [5.41, 5.74) is 3.76. The van der Waals surface area contributed by atoms with E-state index in [-0.39, 0.29) is 11.8 Å². The number of benzene rings is 2. The number of carbonyl (C=O) groups excluding carboxylic acids is 1. The van der Waals surface area contributed by atoms with E-state index < -0.39 is 0 Å². The first-order valence-corrected chi connectivity index (χ1v) is 9.96. The van der Waals surface area contributed by atoms with Gasteiger partial charge in [-0.05, 0) is 68.7 Å². The van der Waals surface area contributed by atoms with E-state index in [9.17, 15) is 4.79 Å². The number of hydrogen-bond donors (Lipinski definition) is 1. The van der Waals surface area contributed by atoms with E-state index in [1.807, 2.05) is 67.3 Å². The number of nitrogens with zero attached hydrogens (tertiary/aromatic N) is 1. The monoisotopic (exact) mass is 394 g/mol. The van der Waals surface area contributed by atoms with E-state index in [0.29, 0.717) is 5.11 Å². The number of rotatable bonds is 6. The SMILES string of the molecule is CCCN1C(=S)NC(c2ccc(Oc3ccccc3C)cc2)C(C(C)=O)=C1C. The Labute approximate surface area is 172 Å². The molecule has 0 saturated heterocycles. The van der Waals surface area contributed by atoms with E-state index in [1.54, 1.807) is 6.92 Å². The van der Waals surface area contributed by atoms with Crippen LogP contribution in [0.3, 0.4) is 0 Å². The van der Waals surface area contributed by atoms with Crippen LogP contribution >= 0.6 is 12.2 Å². The van der Waals surface area contributed by atoms with Gasteiger partial charge in [0, 0.05) is 17.8 Å². The van der Waals surface area contributed by atoms with Crippen LogP contribution in [0.15, 0.2) is 59.8 Å². The summed E-state index contributed by atoms with van der Waals surface area (Å²) in [6.45, 7) is 8.50. The topological polar surface area (TPSA) is 41.6 Å². The highest BCUT2D eigenvalue weighted by molar-refractivity contribution is 7.80. The van der Waals surface area contributed by atoms with Gasteiger partial charge in [0.15, 0.2) is 10.9 Å². The van der Waals surface area contributed by atoms with Gasteiger partial charge in [-0.3, -0.25) is 4.79 Å². The Hall–Kier alpha value is -2.66. The van der Waals surface area contributed by atoms with Gasteiger partial charge in [-0.15, -0.1) is 0 Å². The summed E-state index contributed by atoms with van der Waals surface area (Å²) in [5, 5.41) is 4.01. The minimum Gasteiger partial charge on any atom is -0.457 e. The van der Waals surface area contributed by atoms with Crippen molar-refractivity contribution in [3.05, 3.63) is 70.9 Å². The Bertz CT molecular complexity index is 918. The Balaban J connectivity index is 1.89. The van der Waals surface area contributed by atoms with Crippen molar-refractivity contribution in [2.45, 2.75) is 40.2 Å². The lowest BCUT2D eigenvalue weighted by molar-refractivity contribution is -0.114. The molecule has 0 aliphatic carbocycles. The van der Waals surface area contributed by atoms with Crippen LogP contribution in [0.25, 0.3) is 0 Å². The van der Waals surface area contributed by atoms with Crippen molar-refractivity contribution in [2.75, 3.05) is 6.54 Å². The van der Waals surface area contributed by atoms with Crippen LogP contribution in [0.5, 0.6) is 11.5 Å². The molecule has 1 heterocycles. The van der Waals surface area contributed by atoms with Crippen LogP contribution in [-0.2, 0) is 4.79 Å². The van der Waals surface area contributed by atoms with Gasteiger partial charge in [0.25, 0.3) is 0 Å². The lowest BCUT2D eigenvalue weighted by Crippen LogP contribution is -2.47. The van der Waals surface area contributed by atoms with Crippen molar-refractivity contribution in [2.24, 2.45) is 0 Å². The third-order valence-electron chi connectivity index (χ3n) is 4.96. The average molecular weight is 395 g/mol. The minimum atomic E-state index is -0.245. The maximum atomic E-state index is 12.4. The van der Waals surface area contributed by atoms with Gasteiger partial charge in [0.05, 0.1) is 6.04 Å². The van der Waals surface area contributed by atoms with E-state index in [2.05, 4.69) is 12.2 Å². The molecule has 5 heteroatoms. The number of para-hydroxylation sites is 1. The maximum Gasteiger partial charge on any atom is 0.173 e. The Kier molecular flexibility index (Phi) is 6.15. The number of carbonyl (C=O) groups is 1. The van der Waals surface area contributed by atoms with Crippen molar-refractivity contribution in [3.8, 4) is 11.5 Å². The van der Waals surface area contributed by atoms with Gasteiger partial charge in [-0.25, -0.2) is 0 Å². The highest BCUT2D eigenvalue weighted by atomic mass is 32.1. The molecular formula is C23H26N2O2S. The summed E-state index contributed by atoms with van der Waals surface area (Å²) in [7, 11) is 0. The molecule has 1 atom stereocenters. The number of hydrogen-bond acceptors (Lipinski definition) is 3. The summed E-state index contributed by atoms with van der Waals surface area (Å²) in [4.78, 5) is 14.4.